The Bertz CT molecular complexity index is 1240. The van der Waals surface area contributed by atoms with E-state index in [9.17, 15) is 4.79 Å². The number of anilines is 2. The smallest absolute Gasteiger partial charge is 0.237 e. The maximum atomic E-state index is 13.0. The highest BCUT2D eigenvalue weighted by Crippen LogP contribution is 2.33. The molecule has 0 fully saturated rings. The van der Waals surface area contributed by atoms with Gasteiger partial charge in [-0.05, 0) is 25.0 Å². The molecular formula is C22H20N6OS. The summed E-state index contributed by atoms with van der Waals surface area (Å²) in [7, 11) is 0. The summed E-state index contributed by atoms with van der Waals surface area (Å²) < 4.78 is 1.69. The molecule has 1 amide bonds. The van der Waals surface area contributed by atoms with E-state index in [2.05, 4.69) is 28.2 Å². The number of rotatable bonds is 4. The van der Waals surface area contributed by atoms with Gasteiger partial charge in [0, 0.05) is 23.4 Å². The number of carbonyl (C=O) groups excluding carboxylic acids is 1. The lowest BCUT2D eigenvalue weighted by atomic mass is 10.1. The van der Waals surface area contributed by atoms with Gasteiger partial charge in [-0.15, -0.1) is 10.2 Å². The van der Waals surface area contributed by atoms with Crippen molar-refractivity contribution in [1.82, 2.24) is 19.6 Å². The topological polar surface area (TPSA) is 89.4 Å². The molecule has 2 aromatic carbocycles. The molecule has 2 N–H and O–H groups in total. The van der Waals surface area contributed by atoms with Gasteiger partial charge in [-0.2, -0.15) is 0 Å². The van der Waals surface area contributed by atoms with Gasteiger partial charge in [-0.3, -0.25) is 4.79 Å². The second kappa shape index (κ2) is 7.46. The van der Waals surface area contributed by atoms with E-state index in [1.54, 1.807) is 4.40 Å². The molecule has 0 saturated heterocycles. The van der Waals surface area contributed by atoms with Crippen LogP contribution >= 0.6 is 11.8 Å². The number of thioether (sulfide) groups is 1. The third-order valence-electron chi connectivity index (χ3n) is 5.26. The number of carbonyl (C=O) groups is 1. The minimum atomic E-state index is 0.0432. The molecule has 2 aromatic heterocycles. The number of para-hydroxylation sites is 1. The molecule has 150 valence electrons. The van der Waals surface area contributed by atoms with E-state index in [0.717, 1.165) is 23.4 Å². The molecule has 5 rings (SSSR count). The average Bonchev–Trinajstić information content (AvgIpc) is 3.33. The number of nitrogens with two attached hydrogens (primary N) is 1. The number of benzene rings is 2. The van der Waals surface area contributed by atoms with Crippen LogP contribution in [-0.4, -0.2) is 37.3 Å². The Morgan fingerprint density at radius 1 is 1.13 bits per heavy atom. The minimum absolute atomic E-state index is 0.0432. The van der Waals surface area contributed by atoms with Crippen LogP contribution in [0, 0.1) is 0 Å². The highest BCUT2D eigenvalue weighted by molar-refractivity contribution is 7.99. The molecule has 1 atom stereocenters. The van der Waals surface area contributed by atoms with Crippen molar-refractivity contribution in [1.29, 1.82) is 0 Å². The second-order valence-electron chi connectivity index (χ2n) is 7.28. The standard InChI is InChI=1S/C22H20N6OS/c1-14-11-16-9-5-6-10-18(16)27(14)20(29)13-30-22-26-25-19-12-17(24-21(23)28(19)22)15-7-3-2-4-8-15/h2-10,12,14H,11,13H2,1H3,(H2,23,24). The lowest BCUT2D eigenvalue weighted by Crippen LogP contribution is -2.37. The van der Waals surface area contributed by atoms with E-state index in [0.29, 0.717) is 16.8 Å². The fourth-order valence-electron chi connectivity index (χ4n) is 3.91. The fourth-order valence-corrected chi connectivity index (χ4v) is 4.72. The molecule has 0 saturated carbocycles. The van der Waals surface area contributed by atoms with E-state index in [4.69, 9.17) is 5.73 Å². The van der Waals surface area contributed by atoms with Crippen molar-refractivity contribution < 1.29 is 4.79 Å². The SMILES string of the molecule is CC1Cc2ccccc2N1C(=O)CSc1nnc2cc(-c3ccccc3)nc(N)n12. The summed E-state index contributed by atoms with van der Waals surface area (Å²) in [6, 6.07) is 19.8. The maximum absolute atomic E-state index is 13.0. The van der Waals surface area contributed by atoms with Crippen LogP contribution in [0.4, 0.5) is 11.6 Å². The summed E-state index contributed by atoms with van der Waals surface area (Å²) in [4.78, 5) is 19.4. The first kappa shape index (κ1) is 18.6. The first-order valence-electron chi connectivity index (χ1n) is 9.71. The van der Waals surface area contributed by atoms with Gasteiger partial charge >= 0.3 is 0 Å². The molecule has 0 bridgehead atoms. The highest BCUT2D eigenvalue weighted by Gasteiger charge is 2.30. The molecule has 8 heteroatoms. The first-order chi connectivity index (χ1) is 14.6. The Labute approximate surface area is 177 Å². The Morgan fingerprint density at radius 2 is 1.90 bits per heavy atom. The van der Waals surface area contributed by atoms with Gasteiger partial charge in [-0.25, -0.2) is 9.38 Å². The van der Waals surface area contributed by atoms with E-state index in [1.165, 1.54) is 17.3 Å². The van der Waals surface area contributed by atoms with Gasteiger partial charge in [0.05, 0.1) is 11.4 Å². The molecular weight excluding hydrogens is 396 g/mol. The van der Waals surface area contributed by atoms with Crippen molar-refractivity contribution in [3.63, 3.8) is 0 Å². The maximum Gasteiger partial charge on any atom is 0.237 e. The predicted molar refractivity (Wildman–Crippen MR) is 118 cm³/mol. The van der Waals surface area contributed by atoms with Gasteiger partial charge in [0.2, 0.25) is 11.9 Å². The van der Waals surface area contributed by atoms with Crippen LogP contribution in [0.25, 0.3) is 16.9 Å². The molecule has 1 aliphatic rings. The van der Waals surface area contributed by atoms with E-state index in [1.807, 2.05) is 59.5 Å². The highest BCUT2D eigenvalue weighted by atomic mass is 32.2. The molecule has 4 aromatic rings. The zero-order valence-corrected chi connectivity index (χ0v) is 17.2. The van der Waals surface area contributed by atoms with Crippen molar-refractivity contribution in [2.24, 2.45) is 0 Å². The molecule has 7 nitrogen and oxygen atoms in total. The number of aromatic nitrogens is 4. The van der Waals surface area contributed by atoms with Gasteiger partial charge < -0.3 is 10.6 Å². The van der Waals surface area contributed by atoms with Crippen LogP contribution in [-0.2, 0) is 11.2 Å². The molecule has 0 radical (unpaired) electrons. The number of nitrogen functional groups attached to an aromatic ring is 1. The van der Waals surface area contributed by atoms with E-state index in [-0.39, 0.29) is 17.7 Å². The summed E-state index contributed by atoms with van der Waals surface area (Å²) in [5, 5.41) is 9.04. The summed E-state index contributed by atoms with van der Waals surface area (Å²) in [5.74, 6) is 0.590. The molecule has 0 aliphatic carbocycles. The predicted octanol–water partition coefficient (Wildman–Crippen LogP) is 3.44. The Morgan fingerprint density at radius 3 is 2.73 bits per heavy atom. The summed E-state index contributed by atoms with van der Waals surface area (Å²) in [5.41, 5.74) is 10.7. The Kier molecular flexibility index (Phi) is 4.63. The summed E-state index contributed by atoms with van der Waals surface area (Å²) >= 11 is 1.32. The number of fused-ring (bicyclic) bond motifs is 2. The molecule has 1 unspecified atom stereocenters. The number of hydrogen-bond acceptors (Lipinski definition) is 6. The van der Waals surface area contributed by atoms with Crippen LogP contribution in [0.15, 0.2) is 65.8 Å². The largest absolute Gasteiger partial charge is 0.369 e. The van der Waals surface area contributed by atoms with Crippen LogP contribution in [0.3, 0.4) is 0 Å². The van der Waals surface area contributed by atoms with Crippen LogP contribution in [0.5, 0.6) is 0 Å². The number of hydrogen-bond donors (Lipinski definition) is 1. The van der Waals surface area contributed by atoms with Crippen molar-refractivity contribution in [2.75, 3.05) is 16.4 Å². The summed E-state index contributed by atoms with van der Waals surface area (Å²) in [6.45, 7) is 2.07. The molecule has 0 spiro atoms. The zero-order chi connectivity index (χ0) is 20.7. The summed E-state index contributed by atoms with van der Waals surface area (Å²) in [6.07, 6.45) is 0.875. The van der Waals surface area contributed by atoms with Gasteiger partial charge in [0.25, 0.3) is 0 Å². The third-order valence-corrected chi connectivity index (χ3v) is 6.17. The van der Waals surface area contributed by atoms with E-state index >= 15 is 0 Å². The zero-order valence-electron chi connectivity index (χ0n) is 16.4. The van der Waals surface area contributed by atoms with Gasteiger partial charge in [0.1, 0.15) is 0 Å². The average molecular weight is 417 g/mol. The van der Waals surface area contributed by atoms with Gasteiger partial charge in [-0.1, -0.05) is 60.3 Å². The molecule has 1 aliphatic heterocycles. The normalized spacial score (nSPS) is 15.5. The minimum Gasteiger partial charge on any atom is -0.369 e. The number of nitrogens with zero attached hydrogens (tertiary/aromatic N) is 5. The lowest BCUT2D eigenvalue weighted by molar-refractivity contribution is -0.116. The third kappa shape index (κ3) is 3.19. The lowest BCUT2D eigenvalue weighted by Gasteiger charge is -2.22. The van der Waals surface area contributed by atoms with Crippen molar-refractivity contribution >= 4 is 35.0 Å². The number of amides is 1. The van der Waals surface area contributed by atoms with Crippen LogP contribution in [0.2, 0.25) is 0 Å². The Balaban J connectivity index is 1.38. The van der Waals surface area contributed by atoms with E-state index < -0.39 is 0 Å². The monoisotopic (exact) mass is 416 g/mol. The fraction of sp³-hybridized carbons (Fsp3) is 0.182. The second-order valence-corrected chi connectivity index (χ2v) is 8.22. The van der Waals surface area contributed by atoms with Gasteiger partial charge in [0.15, 0.2) is 10.8 Å². The van der Waals surface area contributed by atoms with Crippen LogP contribution < -0.4 is 10.6 Å². The van der Waals surface area contributed by atoms with Crippen molar-refractivity contribution in [2.45, 2.75) is 24.5 Å². The first-order valence-corrected chi connectivity index (χ1v) is 10.7. The van der Waals surface area contributed by atoms with Crippen LogP contribution in [0.1, 0.15) is 12.5 Å². The Hall–Kier alpha value is -3.39. The molecule has 3 heterocycles. The quantitative estimate of drug-likeness (QED) is 0.513. The van der Waals surface area contributed by atoms with Crippen molar-refractivity contribution in [3.05, 3.63) is 66.2 Å². The molecule has 30 heavy (non-hydrogen) atoms. The van der Waals surface area contributed by atoms with Crippen molar-refractivity contribution in [3.8, 4) is 11.3 Å².